The van der Waals surface area contributed by atoms with Crippen LogP contribution < -0.4 is 4.74 Å². The van der Waals surface area contributed by atoms with Crippen molar-refractivity contribution in [3.05, 3.63) is 101 Å². The first-order valence-corrected chi connectivity index (χ1v) is 9.46. The summed E-state index contributed by atoms with van der Waals surface area (Å²) in [5.41, 5.74) is 4.38. The standard InChI is InChI=1S/C25H22O3/c1-16(26)15-22(17-9-7-8-14-23(17)28-2)24-18-10-3-5-12-20(18)25(27)21-13-6-4-11-19(21)24/h3-14,22,24H,15H2,1-2H3/t22-/m1/s1. The number of fused-ring (bicyclic) bond motifs is 2. The van der Waals surface area contributed by atoms with E-state index in [9.17, 15) is 9.59 Å². The number of methoxy groups -OCH3 is 1. The molecule has 28 heavy (non-hydrogen) atoms. The van der Waals surface area contributed by atoms with E-state index in [1.54, 1.807) is 14.0 Å². The van der Waals surface area contributed by atoms with Crippen molar-refractivity contribution in [2.75, 3.05) is 7.11 Å². The summed E-state index contributed by atoms with van der Waals surface area (Å²) in [6, 6.07) is 23.3. The monoisotopic (exact) mass is 370 g/mol. The number of rotatable bonds is 5. The Kier molecular flexibility index (Phi) is 4.82. The Bertz CT molecular complexity index is 1000. The molecule has 0 fully saturated rings. The first-order chi connectivity index (χ1) is 13.6. The van der Waals surface area contributed by atoms with E-state index < -0.39 is 0 Å². The second-order valence-electron chi connectivity index (χ2n) is 7.24. The fourth-order valence-corrected chi connectivity index (χ4v) is 4.39. The second-order valence-corrected chi connectivity index (χ2v) is 7.24. The number of hydrogen-bond acceptors (Lipinski definition) is 3. The molecule has 3 aromatic carbocycles. The topological polar surface area (TPSA) is 43.4 Å². The SMILES string of the molecule is COc1ccccc1[C@@H](CC(C)=O)C1c2ccccc2C(=O)c2ccccc21. The lowest BCUT2D eigenvalue weighted by Gasteiger charge is -2.34. The van der Waals surface area contributed by atoms with Crippen molar-refractivity contribution in [1.29, 1.82) is 0 Å². The molecule has 0 aromatic heterocycles. The molecule has 3 nitrogen and oxygen atoms in total. The van der Waals surface area contributed by atoms with E-state index in [1.807, 2.05) is 72.8 Å². The second kappa shape index (κ2) is 7.43. The highest BCUT2D eigenvalue weighted by atomic mass is 16.5. The minimum atomic E-state index is -0.121. The van der Waals surface area contributed by atoms with Crippen LogP contribution in [0.1, 0.15) is 57.8 Å². The zero-order valence-corrected chi connectivity index (χ0v) is 16.0. The van der Waals surface area contributed by atoms with Crippen molar-refractivity contribution >= 4 is 11.6 Å². The Balaban J connectivity index is 1.98. The van der Waals surface area contributed by atoms with Crippen LogP contribution in [0.3, 0.4) is 0 Å². The van der Waals surface area contributed by atoms with Gasteiger partial charge < -0.3 is 9.53 Å². The van der Waals surface area contributed by atoms with Gasteiger partial charge in [-0.15, -0.1) is 0 Å². The summed E-state index contributed by atoms with van der Waals surface area (Å²) >= 11 is 0. The lowest BCUT2D eigenvalue weighted by molar-refractivity contribution is -0.117. The van der Waals surface area contributed by atoms with Gasteiger partial charge >= 0.3 is 0 Å². The number of carbonyl (C=O) groups excluding carboxylic acids is 2. The van der Waals surface area contributed by atoms with Gasteiger partial charge in [-0.3, -0.25) is 4.79 Å². The van der Waals surface area contributed by atoms with E-state index in [1.165, 1.54) is 0 Å². The predicted molar refractivity (Wildman–Crippen MR) is 109 cm³/mol. The van der Waals surface area contributed by atoms with Gasteiger partial charge in [-0.25, -0.2) is 0 Å². The van der Waals surface area contributed by atoms with Gasteiger partial charge in [0, 0.05) is 29.4 Å². The summed E-state index contributed by atoms with van der Waals surface area (Å²) in [5, 5.41) is 0. The first kappa shape index (κ1) is 18.2. The van der Waals surface area contributed by atoms with Gasteiger partial charge in [-0.1, -0.05) is 66.7 Å². The van der Waals surface area contributed by atoms with E-state index in [0.29, 0.717) is 6.42 Å². The molecule has 0 amide bonds. The van der Waals surface area contributed by atoms with Crippen LogP contribution in [-0.2, 0) is 4.79 Å². The molecule has 0 saturated carbocycles. The minimum Gasteiger partial charge on any atom is -0.496 e. The third-order valence-corrected chi connectivity index (χ3v) is 5.53. The maximum atomic E-state index is 13.1. The van der Waals surface area contributed by atoms with Crippen LogP contribution in [0.15, 0.2) is 72.8 Å². The van der Waals surface area contributed by atoms with E-state index in [0.717, 1.165) is 33.6 Å². The van der Waals surface area contributed by atoms with Gasteiger partial charge in [0.15, 0.2) is 5.78 Å². The lowest BCUT2D eigenvalue weighted by atomic mass is 9.68. The highest BCUT2D eigenvalue weighted by Gasteiger charge is 2.37. The normalized spacial score (nSPS) is 14.1. The summed E-state index contributed by atoms with van der Waals surface area (Å²) in [6.45, 7) is 1.62. The molecule has 0 spiro atoms. The molecule has 3 heteroatoms. The Morgan fingerprint density at radius 2 is 1.43 bits per heavy atom. The summed E-state index contributed by atoms with van der Waals surface area (Å²) < 4.78 is 5.62. The molecule has 4 rings (SSSR count). The smallest absolute Gasteiger partial charge is 0.193 e. The third kappa shape index (κ3) is 3.03. The van der Waals surface area contributed by atoms with Crippen LogP contribution in [0.5, 0.6) is 5.75 Å². The van der Waals surface area contributed by atoms with Crippen LogP contribution in [0, 0.1) is 0 Å². The maximum absolute atomic E-state index is 13.1. The lowest BCUT2D eigenvalue weighted by Crippen LogP contribution is -2.25. The Morgan fingerprint density at radius 1 is 0.893 bits per heavy atom. The average molecular weight is 370 g/mol. The molecule has 3 aromatic rings. The summed E-state index contributed by atoms with van der Waals surface area (Å²) in [7, 11) is 1.65. The van der Waals surface area contributed by atoms with Crippen LogP contribution in [0.4, 0.5) is 0 Å². The predicted octanol–water partition coefficient (Wildman–Crippen LogP) is 5.13. The summed E-state index contributed by atoms with van der Waals surface area (Å²) in [4.78, 5) is 25.3. The van der Waals surface area contributed by atoms with Crippen molar-refractivity contribution in [3.63, 3.8) is 0 Å². The molecule has 0 saturated heterocycles. The van der Waals surface area contributed by atoms with Crippen molar-refractivity contribution < 1.29 is 14.3 Å². The summed E-state index contributed by atoms with van der Waals surface area (Å²) in [5.74, 6) is 0.710. The van der Waals surface area contributed by atoms with Crippen LogP contribution in [0.25, 0.3) is 0 Å². The van der Waals surface area contributed by atoms with Gasteiger partial charge in [-0.05, 0) is 29.7 Å². The Labute approximate surface area is 165 Å². The number of ether oxygens (including phenoxy) is 1. The molecule has 1 atom stereocenters. The number of carbonyl (C=O) groups is 2. The van der Waals surface area contributed by atoms with Crippen LogP contribution in [-0.4, -0.2) is 18.7 Å². The molecule has 0 heterocycles. The van der Waals surface area contributed by atoms with Crippen molar-refractivity contribution in [2.24, 2.45) is 0 Å². The van der Waals surface area contributed by atoms with Crippen molar-refractivity contribution in [3.8, 4) is 5.75 Å². The molecule has 1 aliphatic carbocycles. The van der Waals surface area contributed by atoms with Gasteiger partial charge in [0.1, 0.15) is 11.5 Å². The van der Waals surface area contributed by atoms with E-state index >= 15 is 0 Å². The number of ketones is 2. The molecule has 0 unspecified atom stereocenters. The highest BCUT2D eigenvalue weighted by Crippen LogP contribution is 2.48. The fraction of sp³-hybridized carbons (Fsp3) is 0.200. The summed E-state index contributed by atoms with van der Waals surface area (Å²) in [6.07, 6.45) is 0.377. The van der Waals surface area contributed by atoms with Gasteiger partial charge in [-0.2, -0.15) is 0 Å². The number of para-hydroxylation sites is 1. The molecule has 0 bridgehead atoms. The molecular weight excluding hydrogens is 348 g/mol. The zero-order valence-electron chi connectivity index (χ0n) is 16.0. The van der Waals surface area contributed by atoms with Crippen molar-refractivity contribution in [2.45, 2.75) is 25.2 Å². The van der Waals surface area contributed by atoms with E-state index in [-0.39, 0.29) is 23.4 Å². The molecule has 140 valence electrons. The average Bonchev–Trinajstić information content (AvgIpc) is 2.73. The molecule has 0 aliphatic heterocycles. The first-order valence-electron chi connectivity index (χ1n) is 9.46. The Hall–Kier alpha value is -3.20. The van der Waals surface area contributed by atoms with Gasteiger partial charge in [0.2, 0.25) is 0 Å². The van der Waals surface area contributed by atoms with Crippen LogP contribution in [0.2, 0.25) is 0 Å². The number of benzene rings is 3. The van der Waals surface area contributed by atoms with Crippen molar-refractivity contribution in [1.82, 2.24) is 0 Å². The van der Waals surface area contributed by atoms with Gasteiger partial charge in [0.25, 0.3) is 0 Å². The fourth-order valence-electron chi connectivity index (χ4n) is 4.39. The molecule has 0 N–H and O–H groups in total. The van der Waals surface area contributed by atoms with E-state index in [2.05, 4.69) is 0 Å². The highest BCUT2D eigenvalue weighted by molar-refractivity contribution is 6.12. The van der Waals surface area contributed by atoms with Crippen LogP contribution >= 0.6 is 0 Å². The minimum absolute atomic E-state index is 0.0454. The molecule has 1 aliphatic rings. The Morgan fingerprint density at radius 3 is 2.00 bits per heavy atom. The van der Waals surface area contributed by atoms with E-state index in [4.69, 9.17) is 4.74 Å². The quantitative estimate of drug-likeness (QED) is 0.625. The number of hydrogen-bond donors (Lipinski definition) is 0. The third-order valence-electron chi connectivity index (χ3n) is 5.53. The molecular formula is C25H22O3. The largest absolute Gasteiger partial charge is 0.496 e. The molecule has 0 radical (unpaired) electrons. The maximum Gasteiger partial charge on any atom is 0.193 e. The number of Topliss-reactive ketones (excluding diaryl/α,β-unsaturated/α-hetero) is 1. The zero-order chi connectivity index (χ0) is 19.7. The van der Waals surface area contributed by atoms with Gasteiger partial charge in [0.05, 0.1) is 7.11 Å².